The number of primary amides is 1. The molecule has 0 aromatic heterocycles. The summed E-state index contributed by atoms with van der Waals surface area (Å²) in [6.45, 7) is 0.0378. The van der Waals surface area contributed by atoms with E-state index in [0.29, 0.717) is 26.9 Å². The molecule has 0 aliphatic rings. The topological polar surface area (TPSA) is 81.4 Å². The summed E-state index contributed by atoms with van der Waals surface area (Å²) in [6, 6.07) is 10.4. The van der Waals surface area contributed by atoms with Crippen LogP contribution in [0.5, 0.6) is 0 Å². The molecule has 3 N–H and O–H groups in total. The van der Waals surface area contributed by atoms with Gasteiger partial charge in [0, 0.05) is 21.3 Å². The standard InChI is InChI=1S/C15H12Cl2N2O3/c16-11-4-1-10(13(17)7-11)8-22-14(20)9-2-5-12(6-3-9)19-15(18)21/h1-7H,8H2,(H3,18,19,21). The van der Waals surface area contributed by atoms with Gasteiger partial charge in [-0.15, -0.1) is 0 Å². The third-order valence-electron chi connectivity index (χ3n) is 2.76. The van der Waals surface area contributed by atoms with E-state index in [2.05, 4.69) is 5.32 Å². The number of halogens is 2. The Morgan fingerprint density at radius 1 is 1.09 bits per heavy atom. The largest absolute Gasteiger partial charge is 0.457 e. The summed E-state index contributed by atoms with van der Waals surface area (Å²) in [4.78, 5) is 22.6. The molecular weight excluding hydrogens is 327 g/mol. The molecule has 0 heterocycles. The number of urea groups is 1. The fourth-order valence-electron chi connectivity index (χ4n) is 1.70. The molecule has 0 spiro atoms. The molecule has 0 saturated carbocycles. The van der Waals surface area contributed by atoms with Gasteiger partial charge >= 0.3 is 12.0 Å². The molecule has 7 heteroatoms. The second-order valence-corrected chi connectivity index (χ2v) is 5.22. The SMILES string of the molecule is NC(=O)Nc1ccc(C(=O)OCc2ccc(Cl)cc2Cl)cc1. The second kappa shape index (κ2) is 7.15. The highest BCUT2D eigenvalue weighted by Crippen LogP contribution is 2.22. The van der Waals surface area contributed by atoms with Gasteiger partial charge in [0.15, 0.2) is 0 Å². The van der Waals surface area contributed by atoms with Crippen LogP contribution in [0.4, 0.5) is 10.5 Å². The van der Waals surface area contributed by atoms with Crippen molar-refractivity contribution in [2.75, 3.05) is 5.32 Å². The van der Waals surface area contributed by atoms with Gasteiger partial charge in [-0.1, -0.05) is 29.3 Å². The summed E-state index contributed by atoms with van der Waals surface area (Å²) < 4.78 is 5.18. The van der Waals surface area contributed by atoms with Crippen LogP contribution in [-0.2, 0) is 11.3 Å². The lowest BCUT2D eigenvalue weighted by molar-refractivity contribution is 0.0473. The summed E-state index contributed by atoms with van der Waals surface area (Å²) in [7, 11) is 0. The maximum absolute atomic E-state index is 11.9. The maximum Gasteiger partial charge on any atom is 0.338 e. The van der Waals surface area contributed by atoms with Gasteiger partial charge in [-0.2, -0.15) is 0 Å². The van der Waals surface area contributed by atoms with E-state index < -0.39 is 12.0 Å². The van der Waals surface area contributed by atoms with Crippen LogP contribution in [-0.4, -0.2) is 12.0 Å². The van der Waals surface area contributed by atoms with E-state index in [9.17, 15) is 9.59 Å². The zero-order chi connectivity index (χ0) is 16.1. The van der Waals surface area contributed by atoms with Crippen molar-refractivity contribution in [1.82, 2.24) is 0 Å². The molecule has 2 aromatic rings. The van der Waals surface area contributed by atoms with Gasteiger partial charge in [-0.3, -0.25) is 0 Å². The minimum atomic E-state index is -0.673. The van der Waals surface area contributed by atoms with Gasteiger partial charge in [0.2, 0.25) is 0 Å². The first-order valence-corrected chi connectivity index (χ1v) is 6.99. The molecule has 0 atom stereocenters. The van der Waals surface area contributed by atoms with Crippen LogP contribution in [0, 0.1) is 0 Å². The predicted octanol–water partition coefficient (Wildman–Crippen LogP) is 3.84. The molecule has 114 valence electrons. The fraction of sp³-hybridized carbons (Fsp3) is 0.0667. The van der Waals surface area contributed by atoms with Crippen molar-refractivity contribution in [3.63, 3.8) is 0 Å². The Bertz CT molecular complexity index is 702. The van der Waals surface area contributed by atoms with E-state index in [-0.39, 0.29) is 6.61 Å². The summed E-state index contributed by atoms with van der Waals surface area (Å²) in [6.07, 6.45) is 0. The van der Waals surface area contributed by atoms with Crippen molar-refractivity contribution < 1.29 is 14.3 Å². The molecule has 0 bridgehead atoms. The Balaban J connectivity index is 1.98. The zero-order valence-corrected chi connectivity index (χ0v) is 12.8. The molecular formula is C15H12Cl2N2O3. The Morgan fingerprint density at radius 3 is 2.36 bits per heavy atom. The number of amides is 2. The molecule has 0 aliphatic carbocycles. The molecule has 0 radical (unpaired) electrons. The van der Waals surface area contributed by atoms with Crippen LogP contribution >= 0.6 is 23.2 Å². The number of carbonyl (C=O) groups is 2. The van der Waals surface area contributed by atoms with E-state index >= 15 is 0 Å². The Morgan fingerprint density at radius 2 is 1.77 bits per heavy atom. The number of nitrogens with one attached hydrogen (secondary N) is 1. The number of esters is 1. The molecule has 0 fully saturated rings. The van der Waals surface area contributed by atoms with Crippen molar-refractivity contribution in [3.8, 4) is 0 Å². The number of anilines is 1. The average Bonchev–Trinajstić information content (AvgIpc) is 2.46. The van der Waals surface area contributed by atoms with Gasteiger partial charge in [0.1, 0.15) is 6.61 Å². The van der Waals surface area contributed by atoms with Crippen molar-refractivity contribution in [2.24, 2.45) is 5.73 Å². The number of hydrogen-bond donors (Lipinski definition) is 2. The second-order valence-electron chi connectivity index (χ2n) is 4.38. The summed E-state index contributed by atoms with van der Waals surface area (Å²) in [5.74, 6) is -0.503. The Kier molecular flexibility index (Phi) is 5.25. The smallest absolute Gasteiger partial charge is 0.338 e. The van der Waals surface area contributed by atoms with Gasteiger partial charge in [-0.05, 0) is 36.4 Å². The van der Waals surface area contributed by atoms with Crippen LogP contribution in [0.3, 0.4) is 0 Å². The lowest BCUT2D eigenvalue weighted by Gasteiger charge is -2.08. The number of benzene rings is 2. The summed E-state index contributed by atoms with van der Waals surface area (Å²) >= 11 is 11.8. The first-order chi connectivity index (χ1) is 10.5. The molecule has 0 saturated heterocycles. The normalized spacial score (nSPS) is 10.1. The minimum absolute atomic E-state index is 0.0378. The molecule has 2 rings (SSSR count). The molecule has 2 amide bonds. The summed E-state index contributed by atoms with van der Waals surface area (Å²) in [5.41, 5.74) is 6.49. The van der Waals surface area contributed by atoms with Gasteiger partial charge in [0.05, 0.1) is 5.56 Å². The minimum Gasteiger partial charge on any atom is -0.457 e. The van der Waals surface area contributed by atoms with Crippen molar-refractivity contribution >= 4 is 40.9 Å². The lowest BCUT2D eigenvalue weighted by Crippen LogP contribution is -2.19. The predicted molar refractivity (Wildman–Crippen MR) is 85.2 cm³/mol. The number of nitrogens with two attached hydrogens (primary N) is 1. The van der Waals surface area contributed by atoms with Crippen molar-refractivity contribution in [2.45, 2.75) is 6.61 Å². The Hall–Kier alpha value is -2.24. The lowest BCUT2D eigenvalue weighted by atomic mass is 10.2. The molecule has 22 heavy (non-hydrogen) atoms. The number of hydrogen-bond acceptors (Lipinski definition) is 3. The third kappa shape index (κ3) is 4.38. The van der Waals surface area contributed by atoms with E-state index in [4.69, 9.17) is 33.7 Å². The van der Waals surface area contributed by atoms with Crippen LogP contribution in [0.25, 0.3) is 0 Å². The Labute approximate surface area is 137 Å². The van der Waals surface area contributed by atoms with Gasteiger partial charge in [-0.25, -0.2) is 9.59 Å². The quantitative estimate of drug-likeness (QED) is 0.831. The number of carbonyl (C=O) groups excluding carboxylic acids is 2. The van der Waals surface area contributed by atoms with Crippen molar-refractivity contribution in [3.05, 3.63) is 63.6 Å². The average molecular weight is 339 g/mol. The maximum atomic E-state index is 11.9. The monoisotopic (exact) mass is 338 g/mol. The van der Waals surface area contributed by atoms with Crippen LogP contribution < -0.4 is 11.1 Å². The molecule has 0 aliphatic heterocycles. The van der Waals surface area contributed by atoms with Crippen LogP contribution in [0.2, 0.25) is 10.0 Å². The fourth-order valence-corrected chi connectivity index (χ4v) is 2.16. The van der Waals surface area contributed by atoms with E-state index in [0.717, 1.165) is 0 Å². The number of ether oxygens (including phenoxy) is 1. The third-order valence-corrected chi connectivity index (χ3v) is 3.35. The molecule has 2 aromatic carbocycles. The highest BCUT2D eigenvalue weighted by molar-refractivity contribution is 6.35. The first-order valence-electron chi connectivity index (χ1n) is 6.23. The molecule has 0 unspecified atom stereocenters. The van der Waals surface area contributed by atoms with E-state index in [1.807, 2.05) is 0 Å². The van der Waals surface area contributed by atoms with Crippen LogP contribution in [0.1, 0.15) is 15.9 Å². The van der Waals surface area contributed by atoms with Crippen molar-refractivity contribution in [1.29, 1.82) is 0 Å². The highest BCUT2D eigenvalue weighted by atomic mass is 35.5. The van der Waals surface area contributed by atoms with Gasteiger partial charge in [0.25, 0.3) is 0 Å². The van der Waals surface area contributed by atoms with E-state index in [1.165, 1.54) is 12.1 Å². The molecule has 5 nitrogen and oxygen atoms in total. The zero-order valence-electron chi connectivity index (χ0n) is 11.3. The number of rotatable bonds is 4. The highest BCUT2D eigenvalue weighted by Gasteiger charge is 2.09. The summed E-state index contributed by atoms with van der Waals surface area (Å²) in [5, 5.41) is 3.34. The van der Waals surface area contributed by atoms with E-state index in [1.54, 1.807) is 30.3 Å². The first kappa shape index (κ1) is 16.1. The van der Waals surface area contributed by atoms with Gasteiger partial charge < -0.3 is 15.8 Å². The van der Waals surface area contributed by atoms with Crippen LogP contribution in [0.15, 0.2) is 42.5 Å².